The highest BCUT2D eigenvalue weighted by atomic mass is 79.9. The third kappa shape index (κ3) is 2.86. The average molecular weight is 280 g/mol. The van der Waals surface area contributed by atoms with Crippen LogP contribution in [0.1, 0.15) is 24.2 Å². The van der Waals surface area contributed by atoms with E-state index in [1.807, 2.05) is 30.0 Å². The lowest BCUT2D eigenvalue weighted by Gasteiger charge is -2.23. The van der Waals surface area contributed by atoms with Crippen LogP contribution in [-0.4, -0.2) is 18.9 Å². The first-order chi connectivity index (χ1) is 7.60. The van der Waals surface area contributed by atoms with Crippen molar-refractivity contribution in [2.24, 2.45) is 0 Å². The van der Waals surface area contributed by atoms with Crippen molar-refractivity contribution < 1.29 is 4.79 Å². The van der Waals surface area contributed by atoms with Crippen molar-refractivity contribution in [1.29, 1.82) is 0 Å². The Bertz CT molecular complexity index is 434. The third-order valence-corrected chi connectivity index (χ3v) is 2.84. The number of rotatable bonds is 4. The van der Waals surface area contributed by atoms with Crippen LogP contribution in [-0.2, 0) is 0 Å². The molecule has 0 unspecified atom stereocenters. The van der Waals surface area contributed by atoms with Gasteiger partial charge in [0.1, 0.15) is 0 Å². The number of carbonyl (C=O) groups excluding carboxylic acids is 1. The van der Waals surface area contributed by atoms with E-state index in [0.717, 1.165) is 16.7 Å². The fourth-order valence-corrected chi connectivity index (χ4v) is 1.89. The van der Waals surface area contributed by atoms with E-state index in [4.69, 9.17) is 6.42 Å². The molecule has 0 saturated carbocycles. The maximum atomic E-state index is 11.5. The Morgan fingerprint density at radius 2 is 2.25 bits per heavy atom. The molecule has 0 aromatic heterocycles. The Morgan fingerprint density at radius 1 is 1.56 bits per heavy atom. The number of anilines is 1. The Kier molecular flexibility index (Phi) is 4.57. The lowest BCUT2D eigenvalue weighted by molar-refractivity contribution is 0.101. The summed E-state index contributed by atoms with van der Waals surface area (Å²) in [7, 11) is 0. The van der Waals surface area contributed by atoms with Gasteiger partial charge in [-0.25, -0.2) is 0 Å². The van der Waals surface area contributed by atoms with E-state index in [0.29, 0.717) is 12.1 Å². The second-order valence-electron chi connectivity index (χ2n) is 3.44. The maximum Gasteiger partial charge on any atom is 0.161 e. The first kappa shape index (κ1) is 12.8. The molecule has 84 valence electrons. The van der Waals surface area contributed by atoms with Crippen LogP contribution in [0, 0.1) is 12.3 Å². The van der Waals surface area contributed by atoms with Gasteiger partial charge in [-0.05, 0) is 32.0 Å². The molecule has 0 fully saturated rings. The molecule has 1 rings (SSSR count). The van der Waals surface area contributed by atoms with Crippen LogP contribution in [0.4, 0.5) is 5.69 Å². The van der Waals surface area contributed by atoms with Crippen molar-refractivity contribution in [2.45, 2.75) is 13.8 Å². The number of carbonyl (C=O) groups is 1. The first-order valence-electron chi connectivity index (χ1n) is 5.09. The Labute approximate surface area is 105 Å². The summed E-state index contributed by atoms with van der Waals surface area (Å²) in [5, 5.41) is 0. The molecular formula is C13H14BrNO. The Hall–Kier alpha value is -1.27. The van der Waals surface area contributed by atoms with Gasteiger partial charge in [-0.15, -0.1) is 6.42 Å². The van der Waals surface area contributed by atoms with Crippen LogP contribution >= 0.6 is 15.9 Å². The minimum atomic E-state index is 0.0537. The number of nitrogens with zero attached hydrogens (tertiary/aromatic N) is 1. The molecule has 0 bridgehead atoms. The number of ketones is 1. The molecule has 3 heteroatoms. The van der Waals surface area contributed by atoms with Gasteiger partial charge < -0.3 is 4.90 Å². The zero-order valence-electron chi connectivity index (χ0n) is 9.46. The van der Waals surface area contributed by atoms with Crippen LogP contribution in [0.15, 0.2) is 22.7 Å². The molecule has 2 nitrogen and oxygen atoms in total. The summed E-state index contributed by atoms with van der Waals surface area (Å²) in [6, 6.07) is 5.61. The Morgan fingerprint density at radius 3 is 2.75 bits per heavy atom. The molecule has 0 saturated heterocycles. The molecule has 0 atom stereocenters. The molecule has 0 aliphatic rings. The molecule has 0 aliphatic heterocycles. The molecule has 0 radical (unpaired) electrons. The van der Waals surface area contributed by atoms with E-state index in [-0.39, 0.29) is 5.78 Å². The number of benzene rings is 1. The molecule has 0 amide bonds. The molecule has 0 aliphatic carbocycles. The number of halogens is 1. The van der Waals surface area contributed by atoms with Crippen molar-refractivity contribution in [3.63, 3.8) is 0 Å². The summed E-state index contributed by atoms with van der Waals surface area (Å²) < 4.78 is 0.947. The van der Waals surface area contributed by atoms with Crippen molar-refractivity contribution in [3.05, 3.63) is 28.2 Å². The summed E-state index contributed by atoms with van der Waals surface area (Å²) in [6.45, 7) is 4.87. The second-order valence-corrected chi connectivity index (χ2v) is 4.35. The van der Waals surface area contributed by atoms with Gasteiger partial charge >= 0.3 is 0 Å². The molecule has 1 aromatic rings. The summed E-state index contributed by atoms with van der Waals surface area (Å²) in [5.41, 5.74) is 1.60. The lowest BCUT2D eigenvalue weighted by Crippen LogP contribution is -2.24. The molecule has 0 heterocycles. The van der Waals surface area contributed by atoms with E-state index >= 15 is 0 Å². The van der Waals surface area contributed by atoms with Crippen molar-refractivity contribution in [2.75, 3.05) is 18.0 Å². The minimum absolute atomic E-state index is 0.0537. The SMILES string of the molecule is C#CCN(CC)c1cc(Br)ccc1C(C)=O. The quantitative estimate of drug-likeness (QED) is 0.624. The van der Waals surface area contributed by atoms with Crippen LogP contribution in [0.3, 0.4) is 0 Å². The minimum Gasteiger partial charge on any atom is -0.360 e. The van der Waals surface area contributed by atoms with Gasteiger partial charge in [0, 0.05) is 22.3 Å². The highest BCUT2D eigenvalue weighted by molar-refractivity contribution is 9.10. The van der Waals surface area contributed by atoms with Gasteiger partial charge in [-0.1, -0.05) is 21.9 Å². The largest absolute Gasteiger partial charge is 0.360 e. The van der Waals surface area contributed by atoms with E-state index in [9.17, 15) is 4.79 Å². The first-order valence-corrected chi connectivity index (χ1v) is 5.88. The maximum absolute atomic E-state index is 11.5. The van der Waals surface area contributed by atoms with E-state index in [1.54, 1.807) is 6.92 Å². The normalized spacial score (nSPS) is 9.62. The highest BCUT2D eigenvalue weighted by Crippen LogP contribution is 2.25. The molecular weight excluding hydrogens is 266 g/mol. The van der Waals surface area contributed by atoms with Gasteiger partial charge in [-0.3, -0.25) is 4.79 Å². The summed E-state index contributed by atoms with van der Waals surface area (Å²) in [5.74, 6) is 2.66. The zero-order chi connectivity index (χ0) is 12.1. The standard InChI is InChI=1S/C13H14BrNO/c1-4-8-15(5-2)13-9-11(14)6-7-12(13)10(3)16/h1,6-7,9H,5,8H2,2-3H3. The van der Waals surface area contributed by atoms with Gasteiger partial charge in [-0.2, -0.15) is 0 Å². The monoisotopic (exact) mass is 279 g/mol. The molecule has 16 heavy (non-hydrogen) atoms. The summed E-state index contributed by atoms with van der Waals surface area (Å²) in [6.07, 6.45) is 5.32. The second kappa shape index (κ2) is 5.72. The van der Waals surface area contributed by atoms with Crippen molar-refractivity contribution in [3.8, 4) is 12.3 Å². The molecule has 1 aromatic carbocycles. The lowest BCUT2D eigenvalue weighted by atomic mass is 10.1. The van der Waals surface area contributed by atoms with Crippen molar-refractivity contribution >= 4 is 27.4 Å². The number of hydrogen-bond acceptors (Lipinski definition) is 2. The van der Waals surface area contributed by atoms with E-state index in [2.05, 4.69) is 21.9 Å². The number of hydrogen-bond donors (Lipinski definition) is 0. The number of terminal acetylenes is 1. The molecule has 0 spiro atoms. The van der Waals surface area contributed by atoms with Crippen LogP contribution in [0.2, 0.25) is 0 Å². The smallest absolute Gasteiger partial charge is 0.161 e. The summed E-state index contributed by atoms with van der Waals surface area (Å²) in [4.78, 5) is 13.5. The highest BCUT2D eigenvalue weighted by Gasteiger charge is 2.12. The fraction of sp³-hybridized carbons (Fsp3) is 0.308. The average Bonchev–Trinajstić information content (AvgIpc) is 2.25. The Balaban J connectivity index is 3.23. The van der Waals surface area contributed by atoms with Gasteiger partial charge in [0.15, 0.2) is 5.78 Å². The van der Waals surface area contributed by atoms with Crippen LogP contribution in [0.5, 0.6) is 0 Å². The van der Waals surface area contributed by atoms with E-state index in [1.165, 1.54) is 0 Å². The third-order valence-electron chi connectivity index (χ3n) is 2.34. The van der Waals surface area contributed by atoms with E-state index < -0.39 is 0 Å². The molecule has 0 N–H and O–H groups in total. The van der Waals surface area contributed by atoms with Crippen LogP contribution < -0.4 is 4.90 Å². The number of Topliss-reactive ketones (excluding diaryl/α,β-unsaturated/α-hetero) is 1. The van der Waals surface area contributed by atoms with Crippen LogP contribution in [0.25, 0.3) is 0 Å². The predicted octanol–water partition coefficient (Wildman–Crippen LogP) is 3.11. The topological polar surface area (TPSA) is 20.3 Å². The van der Waals surface area contributed by atoms with Gasteiger partial charge in [0.25, 0.3) is 0 Å². The fourth-order valence-electron chi connectivity index (χ4n) is 1.54. The predicted molar refractivity (Wildman–Crippen MR) is 70.9 cm³/mol. The van der Waals surface area contributed by atoms with Crippen molar-refractivity contribution in [1.82, 2.24) is 0 Å². The van der Waals surface area contributed by atoms with Gasteiger partial charge in [0.05, 0.1) is 6.54 Å². The zero-order valence-corrected chi connectivity index (χ0v) is 11.0. The van der Waals surface area contributed by atoms with Gasteiger partial charge in [0.2, 0.25) is 0 Å². The summed E-state index contributed by atoms with van der Waals surface area (Å²) >= 11 is 3.40.